The number of fused-ring (bicyclic) bond motifs is 1. The quantitative estimate of drug-likeness (QED) is 0.636. The SMILES string of the molecule is Cc1ccc2nc(COCC(=O)N3CCCC(c4ccn(CCO)n4)C3)[nH]c2c1. The highest BCUT2D eigenvalue weighted by atomic mass is 16.5. The van der Waals surface area contributed by atoms with Gasteiger partial charge in [0.2, 0.25) is 5.91 Å². The topological polar surface area (TPSA) is 96.3 Å². The molecule has 1 aromatic carbocycles. The average molecular weight is 397 g/mol. The van der Waals surface area contributed by atoms with Crippen LogP contribution in [0.3, 0.4) is 0 Å². The third-order valence-electron chi connectivity index (χ3n) is 5.33. The van der Waals surface area contributed by atoms with Crippen molar-refractivity contribution in [3.05, 3.63) is 47.5 Å². The molecule has 0 spiro atoms. The zero-order valence-corrected chi connectivity index (χ0v) is 16.7. The number of hydrogen-bond acceptors (Lipinski definition) is 5. The molecule has 1 fully saturated rings. The third-order valence-corrected chi connectivity index (χ3v) is 5.33. The molecule has 1 amide bonds. The van der Waals surface area contributed by atoms with Crippen LogP contribution in [0.1, 0.15) is 35.8 Å². The highest BCUT2D eigenvalue weighted by Crippen LogP contribution is 2.25. The van der Waals surface area contributed by atoms with Crippen molar-refractivity contribution in [2.45, 2.75) is 38.8 Å². The van der Waals surface area contributed by atoms with Gasteiger partial charge in [-0.3, -0.25) is 9.48 Å². The van der Waals surface area contributed by atoms with Crippen LogP contribution >= 0.6 is 0 Å². The molecule has 29 heavy (non-hydrogen) atoms. The fourth-order valence-electron chi connectivity index (χ4n) is 3.84. The minimum atomic E-state index is -0.00329. The molecule has 4 rings (SSSR count). The summed E-state index contributed by atoms with van der Waals surface area (Å²) in [4.78, 5) is 22.2. The Morgan fingerprint density at radius 1 is 1.38 bits per heavy atom. The summed E-state index contributed by atoms with van der Waals surface area (Å²) >= 11 is 0. The van der Waals surface area contributed by atoms with E-state index in [4.69, 9.17) is 9.84 Å². The average Bonchev–Trinajstić information content (AvgIpc) is 3.34. The zero-order valence-electron chi connectivity index (χ0n) is 16.7. The number of aromatic nitrogens is 4. The van der Waals surface area contributed by atoms with Crippen LogP contribution in [0.15, 0.2) is 30.5 Å². The van der Waals surface area contributed by atoms with Gasteiger partial charge in [-0.05, 0) is 43.5 Å². The number of amides is 1. The number of carbonyl (C=O) groups is 1. The van der Waals surface area contributed by atoms with Gasteiger partial charge in [0, 0.05) is 25.2 Å². The lowest BCUT2D eigenvalue weighted by Gasteiger charge is -2.32. The summed E-state index contributed by atoms with van der Waals surface area (Å²) < 4.78 is 7.38. The van der Waals surface area contributed by atoms with Crippen LogP contribution in [-0.2, 0) is 22.7 Å². The van der Waals surface area contributed by atoms with E-state index in [0.717, 1.165) is 41.9 Å². The monoisotopic (exact) mass is 397 g/mol. The molecule has 8 nitrogen and oxygen atoms in total. The lowest BCUT2D eigenvalue weighted by molar-refractivity contribution is -0.137. The predicted molar refractivity (Wildman–Crippen MR) is 108 cm³/mol. The number of ether oxygens (including phenoxy) is 1. The van der Waals surface area contributed by atoms with Crippen molar-refractivity contribution in [2.24, 2.45) is 0 Å². The standard InChI is InChI=1S/C21H27N5O3/c1-15-4-5-18-19(11-15)23-20(22-18)13-29-14-21(28)25-7-2-3-16(12-25)17-6-8-26(24-17)9-10-27/h4-6,8,11,16,27H,2-3,7,9-10,12-14H2,1H3,(H,22,23). The van der Waals surface area contributed by atoms with Gasteiger partial charge in [0.25, 0.3) is 0 Å². The number of rotatable bonds is 7. The smallest absolute Gasteiger partial charge is 0.248 e. The number of benzene rings is 1. The number of carbonyl (C=O) groups excluding carboxylic acids is 1. The second-order valence-corrected chi connectivity index (χ2v) is 7.60. The van der Waals surface area contributed by atoms with Crippen molar-refractivity contribution in [3.63, 3.8) is 0 Å². The van der Waals surface area contributed by atoms with Crippen LogP contribution < -0.4 is 0 Å². The lowest BCUT2D eigenvalue weighted by Crippen LogP contribution is -2.41. The van der Waals surface area contributed by atoms with Gasteiger partial charge in [0.15, 0.2) is 0 Å². The Kier molecular flexibility index (Phi) is 5.92. The number of aliphatic hydroxyl groups excluding tert-OH is 1. The van der Waals surface area contributed by atoms with E-state index >= 15 is 0 Å². The number of H-pyrrole nitrogens is 1. The van der Waals surface area contributed by atoms with E-state index in [0.29, 0.717) is 13.1 Å². The molecular weight excluding hydrogens is 370 g/mol. The Morgan fingerprint density at radius 3 is 3.14 bits per heavy atom. The van der Waals surface area contributed by atoms with E-state index < -0.39 is 0 Å². The van der Waals surface area contributed by atoms with Gasteiger partial charge >= 0.3 is 0 Å². The van der Waals surface area contributed by atoms with Gasteiger partial charge in [-0.1, -0.05) is 6.07 Å². The molecule has 0 radical (unpaired) electrons. The summed E-state index contributed by atoms with van der Waals surface area (Å²) in [6, 6.07) is 8.03. The largest absolute Gasteiger partial charge is 0.394 e. The second-order valence-electron chi connectivity index (χ2n) is 7.60. The summed E-state index contributed by atoms with van der Waals surface area (Å²) in [5.74, 6) is 0.951. The fraction of sp³-hybridized carbons (Fsp3) is 0.476. The van der Waals surface area contributed by atoms with Crippen LogP contribution in [0, 0.1) is 6.92 Å². The Hall–Kier alpha value is -2.71. The molecule has 1 aliphatic heterocycles. The summed E-state index contributed by atoms with van der Waals surface area (Å²) in [5.41, 5.74) is 4.04. The van der Waals surface area contributed by atoms with E-state index in [-0.39, 0.29) is 31.6 Å². The first kappa shape index (κ1) is 19.6. The summed E-state index contributed by atoms with van der Waals surface area (Å²) in [6.07, 6.45) is 3.84. The van der Waals surface area contributed by atoms with Gasteiger partial charge < -0.3 is 19.7 Å². The summed E-state index contributed by atoms with van der Waals surface area (Å²) in [6.45, 7) is 4.33. The molecule has 3 aromatic rings. The molecule has 1 aliphatic rings. The number of likely N-dealkylation sites (tertiary alicyclic amines) is 1. The van der Waals surface area contributed by atoms with Gasteiger partial charge in [-0.15, -0.1) is 0 Å². The molecule has 1 unspecified atom stereocenters. The lowest BCUT2D eigenvalue weighted by atomic mass is 9.95. The first-order chi connectivity index (χ1) is 14.1. The Morgan fingerprint density at radius 2 is 2.28 bits per heavy atom. The Bertz CT molecular complexity index is 980. The van der Waals surface area contributed by atoms with E-state index in [2.05, 4.69) is 15.1 Å². The van der Waals surface area contributed by atoms with Crippen LogP contribution in [0.4, 0.5) is 0 Å². The minimum Gasteiger partial charge on any atom is -0.394 e. The summed E-state index contributed by atoms with van der Waals surface area (Å²) in [5, 5.41) is 13.6. The molecule has 1 atom stereocenters. The Labute approximate surface area is 169 Å². The van der Waals surface area contributed by atoms with Crippen LogP contribution in [0.2, 0.25) is 0 Å². The first-order valence-corrected chi connectivity index (χ1v) is 10.1. The molecule has 1 saturated heterocycles. The number of aliphatic hydroxyl groups is 1. The number of aryl methyl sites for hydroxylation is 1. The predicted octanol–water partition coefficient (Wildman–Crippen LogP) is 1.98. The van der Waals surface area contributed by atoms with Crippen molar-refractivity contribution in [1.82, 2.24) is 24.6 Å². The molecule has 8 heteroatoms. The molecule has 154 valence electrons. The number of imidazole rings is 1. The van der Waals surface area contributed by atoms with Crippen LogP contribution in [0.25, 0.3) is 11.0 Å². The molecule has 0 saturated carbocycles. The van der Waals surface area contributed by atoms with E-state index in [9.17, 15) is 4.79 Å². The van der Waals surface area contributed by atoms with Crippen molar-refractivity contribution >= 4 is 16.9 Å². The van der Waals surface area contributed by atoms with Crippen molar-refractivity contribution in [1.29, 1.82) is 0 Å². The number of aromatic amines is 1. The molecule has 0 aliphatic carbocycles. The van der Waals surface area contributed by atoms with Gasteiger partial charge in [-0.25, -0.2) is 4.98 Å². The van der Waals surface area contributed by atoms with Crippen molar-refractivity contribution in [2.75, 3.05) is 26.3 Å². The van der Waals surface area contributed by atoms with E-state index in [1.54, 1.807) is 4.68 Å². The first-order valence-electron chi connectivity index (χ1n) is 10.1. The molecular formula is C21H27N5O3. The Balaban J connectivity index is 1.29. The molecule has 2 N–H and O–H groups in total. The maximum absolute atomic E-state index is 12.6. The summed E-state index contributed by atoms with van der Waals surface area (Å²) in [7, 11) is 0. The highest BCUT2D eigenvalue weighted by molar-refractivity contribution is 5.78. The van der Waals surface area contributed by atoms with Gasteiger partial charge in [0.05, 0.1) is 29.9 Å². The fourth-order valence-corrected chi connectivity index (χ4v) is 3.84. The number of nitrogens with one attached hydrogen (secondary N) is 1. The number of hydrogen-bond donors (Lipinski definition) is 2. The van der Waals surface area contributed by atoms with Gasteiger partial charge in [-0.2, -0.15) is 5.10 Å². The maximum atomic E-state index is 12.6. The minimum absolute atomic E-state index is 0.00329. The highest BCUT2D eigenvalue weighted by Gasteiger charge is 2.26. The van der Waals surface area contributed by atoms with E-state index in [1.807, 2.05) is 42.3 Å². The van der Waals surface area contributed by atoms with E-state index in [1.165, 1.54) is 5.56 Å². The van der Waals surface area contributed by atoms with Crippen LogP contribution in [-0.4, -0.2) is 62.0 Å². The second kappa shape index (κ2) is 8.75. The van der Waals surface area contributed by atoms with Crippen molar-refractivity contribution in [3.8, 4) is 0 Å². The molecule has 0 bridgehead atoms. The molecule has 3 heterocycles. The zero-order chi connectivity index (χ0) is 20.2. The van der Waals surface area contributed by atoms with Crippen molar-refractivity contribution < 1.29 is 14.6 Å². The van der Waals surface area contributed by atoms with Gasteiger partial charge in [0.1, 0.15) is 19.0 Å². The number of piperidine rings is 1. The maximum Gasteiger partial charge on any atom is 0.248 e. The normalized spacial score (nSPS) is 17.2. The molecule has 2 aromatic heterocycles. The number of nitrogens with zero attached hydrogens (tertiary/aromatic N) is 4. The third kappa shape index (κ3) is 4.65. The van der Waals surface area contributed by atoms with Crippen LogP contribution in [0.5, 0.6) is 0 Å².